The number of hydrogen-bond acceptors (Lipinski definition) is 4. The fraction of sp³-hybridized carbons (Fsp3) is 0.0909. The van der Waals surface area contributed by atoms with E-state index in [1.165, 1.54) is 0 Å². The summed E-state index contributed by atoms with van der Waals surface area (Å²) >= 11 is 6.13. The highest BCUT2D eigenvalue weighted by atomic mass is 79.9. The first-order valence-electron chi connectivity index (χ1n) is 4.68. The van der Waals surface area contributed by atoms with Gasteiger partial charge in [-0.05, 0) is 22.0 Å². The molecule has 0 atom stereocenters. The first-order valence-corrected chi connectivity index (χ1v) is 6.12. The summed E-state index contributed by atoms with van der Waals surface area (Å²) < 4.78 is 10.5. The Morgan fingerprint density at radius 2 is 2.06 bits per heavy atom. The van der Waals surface area contributed by atoms with Gasteiger partial charge in [0.2, 0.25) is 0 Å². The first-order chi connectivity index (χ1) is 8.54. The minimum atomic E-state index is -1.21. The molecule has 0 radical (unpaired) electrons. The Hall–Kier alpha value is -1.34. The molecule has 18 heavy (non-hydrogen) atoms. The fourth-order valence-electron chi connectivity index (χ4n) is 1.09. The molecule has 7 heteroatoms. The molecule has 96 valence electrons. The van der Waals surface area contributed by atoms with Gasteiger partial charge in [-0.3, -0.25) is 0 Å². The van der Waals surface area contributed by atoms with E-state index in [2.05, 4.69) is 32.2 Å². The maximum Gasteiger partial charge on any atom is 0.331 e. The van der Waals surface area contributed by atoms with Gasteiger partial charge >= 0.3 is 11.9 Å². The minimum absolute atomic E-state index is 0.0246. The smallest absolute Gasteiger partial charge is 0.331 e. The Morgan fingerprint density at radius 3 is 2.67 bits per heavy atom. The van der Waals surface area contributed by atoms with E-state index in [1.54, 1.807) is 18.2 Å². The number of esters is 1. The van der Waals surface area contributed by atoms with Crippen molar-refractivity contribution in [3.05, 3.63) is 40.4 Å². The van der Waals surface area contributed by atoms with Gasteiger partial charge in [-0.1, -0.05) is 12.1 Å². The van der Waals surface area contributed by atoms with Gasteiger partial charge < -0.3 is 13.7 Å². The van der Waals surface area contributed by atoms with Crippen LogP contribution in [0.1, 0.15) is 5.56 Å². The van der Waals surface area contributed by atoms with Crippen LogP contribution in [0.25, 0.3) is 0 Å². The minimum Gasteiger partial charge on any atom is -0.478 e. The molecule has 5 nitrogen and oxygen atoms in total. The standard InChI is InChI=1S/C11H8Br2O5/c12-8-3-1-2-7(11(8)18-13)6-17-10(16)5-4-9(14)15/h1-5H,6H2,(H,14,15). The molecular formula is C11H8Br2O5. The molecule has 0 spiro atoms. The van der Waals surface area contributed by atoms with Gasteiger partial charge in [0.25, 0.3) is 0 Å². The van der Waals surface area contributed by atoms with Crippen molar-refractivity contribution in [1.29, 1.82) is 0 Å². The molecule has 1 rings (SSSR count). The summed E-state index contributed by atoms with van der Waals surface area (Å²) in [7, 11) is 0. The molecule has 0 aromatic heterocycles. The number of carbonyl (C=O) groups is 2. The van der Waals surface area contributed by atoms with Crippen molar-refractivity contribution in [3.63, 3.8) is 0 Å². The third kappa shape index (κ3) is 4.50. The Morgan fingerprint density at radius 1 is 1.33 bits per heavy atom. The molecule has 0 aliphatic heterocycles. The van der Waals surface area contributed by atoms with Crippen molar-refractivity contribution in [2.75, 3.05) is 0 Å². The van der Waals surface area contributed by atoms with E-state index in [-0.39, 0.29) is 6.61 Å². The molecule has 0 unspecified atom stereocenters. The third-order valence-corrected chi connectivity index (χ3v) is 2.81. The second-order valence-corrected chi connectivity index (χ2v) is 4.26. The summed E-state index contributed by atoms with van der Waals surface area (Å²) in [6, 6.07) is 5.25. The molecule has 0 amide bonds. The highest BCUT2D eigenvalue weighted by Crippen LogP contribution is 2.30. The lowest BCUT2D eigenvalue weighted by Gasteiger charge is -2.08. The molecule has 0 saturated heterocycles. The van der Waals surface area contributed by atoms with Crippen LogP contribution in [0.4, 0.5) is 0 Å². The van der Waals surface area contributed by atoms with Crippen LogP contribution in [0.2, 0.25) is 0 Å². The SMILES string of the molecule is O=C(O)C=CC(=O)OCc1cccc(Br)c1OBr. The van der Waals surface area contributed by atoms with Gasteiger partial charge in [0.15, 0.2) is 22.0 Å². The maximum atomic E-state index is 11.2. The summed E-state index contributed by atoms with van der Waals surface area (Å²) in [5.74, 6) is -1.45. The number of benzene rings is 1. The van der Waals surface area contributed by atoms with Crippen LogP contribution in [0.3, 0.4) is 0 Å². The summed E-state index contributed by atoms with van der Waals surface area (Å²) in [6.45, 7) is -0.0246. The molecule has 0 saturated carbocycles. The zero-order valence-electron chi connectivity index (χ0n) is 8.93. The molecule has 0 bridgehead atoms. The van der Waals surface area contributed by atoms with Crippen LogP contribution < -0.4 is 3.83 Å². The molecule has 0 aliphatic carbocycles. The summed E-state index contributed by atoms with van der Waals surface area (Å²) in [5, 5.41) is 8.34. The lowest BCUT2D eigenvalue weighted by Crippen LogP contribution is -2.03. The normalized spacial score (nSPS) is 10.3. The monoisotopic (exact) mass is 378 g/mol. The van der Waals surface area contributed by atoms with Crippen LogP contribution in [0.5, 0.6) is 5.75 Å². The topological polar surface area (TPSA) is 72.8 Å². The van der Waals surface area contributed by atoms with E-state index in [0.717, 1.165) is 6.08 Å². The van der Waals surface area contributed by atoms with Gasteiger partial charge in [-0.25, -0.2) is 9.59 Å². The number of para-hydroxylation sites is 1. The second kappa shape index (κ2) is 7.17. The zero-order valence-corrected chi connectivity index (χ0v) is 12.1. The molecule has 0 heterocycles. The largest absolute Gasteiger partial charge is 0.478 e. The highest BCUT2D eigenvalue weighted by Gasteiger charge is 2.09. The van der Waals surface area contributed by atoms with Crippen LogP contribution in [-0.4, -0.2) is 17.0 Å². The number of carboxylic acids is 1. The summed E-state index contributed by atoms with van der Waals surface area (Å²) in [5.41, 5.74) is 0.637. The highest BCUT2D eigenvalue weighted by molar-refractivity contribution is 9.10. The quantitative estimate of drug-likeness (QED) is 0.629. The number of rotatable bonds is 5. The van der Waals surface area contributed by atoms with Crippen molar-refractivity contribution in [1.82, 2.24) is 0 Å². The Labute approximate surface area is 120 Å². The van der Waals surface area contributed by atoms with Crippen molar-refractivity contribution in [2.45, 2.75) is 6.61 Å². The summed E-state index contributed by atoms with van der Waals surface area (Å²) in [4.78, 5) is 21.4. The van der Waals surface area contributed by atoms with Crippen LogP contribution in [-0.2, 0) is 20.9 Å². The molecule has 1 N–H and O–H groups in total. The molecule has 0 fully saturated rings. The van der Waals surface area contributed by atoms with E-state index >= 15 is 0 Å². The van der Waals surface area contributed by atoms with Gasteiger partial charge in [-0.15, -0.1) is 0 Å². The number of ether oxygens (including phenoxy) is 1. The lowest BCUT2D eigenvalue weighted by molar-refractivity contribution is -0.139. The van der Waals surface area contributed by atoms with E-state index < -0.39 is 11.9 Å². The molecular weight excluding hydrogens is 372 g/mol. The Balaban J connectivity index is 2.66. The van der Waals surface area contributed by atoms with Crippen LogP contribution >= 0.6 is 32.2 Å². The van der Waals surface area contributed by atoms with E-state index in [9.17, 15) is 9.59 Å². The van der Waals surface area contributed by atoms with E-state index in [4.69, 9.17) is 13.7 Å². The number of carboxylic acid groups (broad SMARTS) is 1. The van der Waals surface area contributed by atoms with Crippen molar-refractivity contribution in [3.8, 4) is 5.75 Å². The van der Waals surface area contributed by atoms with E-state index in [1.807, 2.05) is 0 Å². The average molecular weight is 380 g/mol. The average Bonchev–Trinajstić information content (AvgIpc) is 2.33. The van der Waals surface area contributed by atoms with Gasteiger partial charge in [-0.2, -0.15) is 0 Å². The molecule has 1 aromatic carbocycles. The maximum absolute atomic E-state index is 11.2. The molecule has 1 aromatic rings. The fourth-order valence-corrected chi connectivity index (χ4v) is 2.18. The van der Waals surface area contributed by atoms with Crippen LogP contribution in [0.15, 0.2) is 34.8 Å². The van der Waals surface area contributed by atoms with Crippen LogP contribution in [0, 0.1) is 0 Å². The predicted octanol–water partition coefficient (Wildman–Crippen LogP) is 2.82. The first kappa shape index (κ1) is 14.7. The van der Waals surface area contributed by atoms with Gasteiger partial charge in [0.05, 0.1) is 4.47 Å². The zero-order chi connectivity index (χ0) is 13.5. The Bertz CT molecular complexity index is 484. The number of halogens is 2. The lowest BCUT2D eigenvalue weighted by atomic mass is 10.2. The van der Waals surface area contributed by atoms with E-state index in [0.29, 0.717) is 21.9 Å². The Kier molecular flexibility index (Phi) is 5.87. The van der Waals surface area contributed by atoms with Crippen molar-refractivity contribution >= 4 is 44.1 Å². The second-order valence-electron chi connectivity index (χ2n) is 3.08. The predicted molar refractivity (Wildman–Crippen MR) is 70.3 cm³/mol. The van der Waals surface area contributed by atoms with Gasteiger partial charge in [0, 0.05) is 17.7 Å². The number of aliphatic carboxylic acids is 1. The summed E-state index contributed by atoms with van der Waals surface area (Å²) in [6.07, 6.45) is 1.56. The van der Waals surface area contributed by atoms with Gasteiger partial charge in [0.1, 0.15) is 6.61 Å². The van der Waals surface area contributed by atoms with Crippen molar-refractivity contribution in [2.24, 2.45) is 0 Å². The van der Waals surface area contributed by atoms with Crippen molar-refractivity contribution < 1.29 is 23.3 Å². The molecule has 0 aliphatic rings. The number of hydrogen-bond donors (Lipinski definition) is 1. The number of carbonyl (C=O) groups excluding carboxylic acids is 1. The third-order valence-electron chi connectivity index (χ3n) is 1.86.